The number of carbonyl (C=O) groups is 2. The van der Waals surface area contributed by atoms with E-state index in [2.05, 4.69) is 15.4 Å². The van der Waals surface area contributed by atoms with Crippen LogP contribution in [0.1, 0.15) is 13.8 Å². The lowest BCUT2D eigenvalue weighted by Gasteiger charge is -2.28. The molecule has 2 N–H and O–H groups in total. The second-order valence-corrected chi connectivity index (χ2v) is 6.08. The zero-order valence-electron chi connectivity index (χ0n) is 13.9. The molecule has 150 valence electrons. The Morgan fingerprint density at radius 1 is 1.19 bits per heavy atom. The monoisotopic (exact) mass is 400 g/mol. The number of nitrogens with one attached hydrogen (secondary N) is 2. The SMILES string of the molecule is CC(C)(OC(=O)Nc1ccc2c(c1)NCC(C(=O)C(F)(F)F)O2)C(F)(F)F. The first-order chi connectivity index (χ1) is 12.2. The second kappa shape index (κ2) is 6.82. The maximum absolute atomic E-state index is 12.7. The Hall–Kier alpha value is -2.66. The number of rotatable bonds is 3. The summed E-state index contributed by atoms with van der Waals surface area (Å²) in [6, 6.07) is 3.54. The van der Waals surface area contributed by atoms with E-state index in [1.54, 1.807) is 0 Å². The number of ether oxygens (including phenoxy) is 2. The van der Waals surface area contributed by atoms with E-state index < -0.39 is 42.5 Å². The van der Waals surface area contributed by atoms with Crippen molar-refractivity contribution in [2.75, 3.05) is 17.2 Å². The molecule has 0 bridgehead atoms. The lowest BCUT2D eigenvalue weighted by Crippen LogP contribution is -2.44. The smallest absolute Gasteiger partial charge is 0.454 e. The molecule has 1 atom stereocenters. The van der Waals surface area contributed by atoms with Gasteiger partial charge < -0.3 is 14.8 Å². The minimum atomic E-state index is -5.06. The van der Waals surface area contributed by atoms with E-state index >= 15 is 0 Å². The van der Waals surface area contributed by atoms with Crippen molar-refractivity contribution in [1.29, 1.82) is 0 Å². The lowest BCUT2D eigenvalue weighted by molar-refractivity contribution is -0.242. The lowest BCUT2D eigenvalue weighted by atomic mass is 10.1. The first kappa shape index (κ1) is 20.6. The minimum absolute atomic E-state index is 0.00780. The standard InChI is InChI=1S/C15H14F6N2O4/c1-13(2,15(19,20)21)27-12(25)23-7-3-4-9-8(5-7)22-6-10(26-9)11(24)14(16,17)18/h3-5,10,22H,6H2,1-2H3,(H,23,25). The highest BCUT2D eigenvalue weighted by molar-refractivity contribution is 5.90. The van der Waals surface area contributed by atoms with Crippen LogP contribution in [0.15, 0.2) is 18.2 Å². The van der Waals surface area contributed by atoms with Gasteiger partial charge in [-0.2, -0.15) is 26.3 Å². The molecule has 1 aliphatic rings. The van der Waals surface area contributed by atoms with Crippen molar-refractivity contribution < 1.29 is 45.4 Å². The fourth-order valence-corrected chi connectivity index (χ4v) is 2.01. The van der Waals surface area contributed by atoms with Crippen LogP contribution >= 0.6 is 0 Å². The molecule has 1 aromatic carbocycles. The number of carbonyl (C=O) groups excluding carboxylic acids is 2. The fourth-order valence-electron chi connectivity index (χ4n) is 2.01. The minimum Gasteiger partial charge on any atom is -0.478 e. The van der Waals surface area contributed by atoms with Gasteiger partial charge in [-0.05, 0) is 32.0 Å². The average Bonchev–Trinajstić information content (AvgIpc) is 2.51. The molecule has 1 unspecified atom stereocenters. The molecular weight excluding hydrogens is 386 g/mol. The molecule has 0 aliphatic carbocycles. The van der Waals surface area contributed by atoms with Gasteiger partial charge in [0.15, 0.2) is 6.10 Å². The Labute approximate surface area is 148 Å². The summed E-state index contributed by atoms with van der Waals surface area (Å²) in [7, 11) is 0. The summed E-state index contributed by atoms with van der Waals surface area (Å²) < 4.78 is 84.7. The predicted molar refractivity (Wildman–Crippen MR) is 80.6 cm³/mol. The summed E-state index contributed by atoms with van der Waals surface area (Å²) >= 11 is 0. The molecule has 1 heterocycles. The molecule has 12 heteroatoms. The Kier molecular flexibility index (Phi) is 5.21. The predicted octanol–water partition coefficient (Wildman–Crippen LogP) is 3.88. The fraction of sp³-hybridized carbons (Fsp3) is 0.467. The van der Waals surface area contributed by atoms with Crippen LogP contribution < -0.4 is 15.4 Å². The molecule has 0 aromatic heterocycles. The highest BCUT2D eigenvalue weighted by Gasteiger charge is 2.51. The van der Waals surface area contributed by atoms with E-state index in [9.17, 15) is 35.9 Å². The number of ketones is 1. The van der Waals surface area contributed by atoms with E-state index in [0.29, 0.717) is 13.8 Å². The van der Waals surface area contributed by atoms with Gasteiger partial charge in [-0.25, -0.2) is 4.79 Å². The molecule has 2 rings (SSSR count). The normalized spacial score (nSPS) is 17.3. The largest absolute Gasteiger partial charge is 0.478 e. The molecule has 1 aromatic rings. The number of anilines is 2. The zero-order chi connectivity index (χ0) is 20.6. The van der Waals surface area contributed by atoms with Crippen molar-refractivity contribution in [1.82, 2.24) is 0 Å². The molecule has 1 aliphatic heterocycles. The summed E-state index contributed by atoms with van der Waals surface area (Å²) in [5.41, 5.74) is -2.57. The van der Waals surface area contributed by atoms with Crippen LogP contribution in [0.3, 0.4) is 0 Å². The van der Waals surface area contributed by atoms with Crippen molar-refractivity contribution in [3.8, 4) is 5.75 Å². The van der Waals surface area contributed by atoms with Crippen LogP contribution in [0.5, 0.6) is 5.75 Å². The Morgan fingerprint density at radius 3 is 2.37 bits per heavy atom. The summed E-state index contributed by atoms with van der Waals surface area (Å²) in [6.07, 6.45) is -13.0. The molecule has 0 spiro atoms. The molecular formula is C15H14F6N2O4. The third-order valence-corrected chi connectivity index (χ3v) is 3.58. The first-order valence-corrected chi connectivity index (χ1v) is 7.43. The van der Waals surface area contributed by atoms with Crippen LogP contribution in [0, 0.1) is 0 Å². The van der Waals surface area contributed by atoms with Gasteiger partial charge in [0.2, 0.25) is 5.60 Å². The molecule has 0 saturated heterocycles. The molecule has 6 nitrogen and oxygen atoms in total. The maximum atomic E-state index is 12.7. The van der Waals surface area contributed by atoms with E-state index in [4.69, 9.17) is 4.74 Å². The molecule has 0 radical (unpaired) electrons. The number of hydrogen-bond donors (Lipinski definition) is 2. The Balaban J connectivity index is 2.06. The summed E-state index contributed by atoms with van der Waals surface area (Å²) in [6.45, 7) is 0.875. The number of fused-ring (bicyclic) bond motifs is 1. The van der Waals surface area contributed by atoms with Gasteiger partial charge in [-0.15, -0.1) is 0 Å². The van der Waals surface area contributed by atoms with Gasteiger partial charge >= 0.3 is 18.4 Å². The van der Waals surface area contributed by atoms with Gasteiger partial charge in [0.05, 0.1) is 12.2 Å². The number of alkyl halides is 6. The van der Waals surface area contributed by atoms with Crippen molar-refractivity contribution >= 4 is 23.3 Å². The summed E-state index contributed by atoms with van der Waals surface area (Å²) in [5, 5.41) is 4.61. The van der Waals surface area contributed by atoms with E-state index in [0.717, 1.165) is 6.07 Å². The first-order valence-electron chi connectivity index (χ1n) is 7.43. The Bertz CT molecular complexity index is 745. The van der Waals surface area contributed by atoms with Crippen molar-refractivity contribution in [2.24, 2.45) is 0 Å². The highest BCUT2D eigenvalue weighted by atomic mass is 19.4. The molecule has 1 amide bonds. The van der Waals surface area contributed by atoms with Crippen LogP contribution in [-0.2, 0) is 9.53 Å². The van der Waals surface area contributed by atoms with E-state index in [1.807, 2.05) is 0 Å². The van der Waals surface area contributed by atoms with Gasteiger partial charge in [0.25, 0.3) is 5.78 Å². The third kappa shape index (κ3) is 4.74. The van der Waals surface area contributed by atoms with Crippen LogP contribution in [-0.4, -0.2) is 42.5 Å². The number of benzene rings is 1. The maximum Gasteiger partial charge on any atom is 0.454 e. The molecule has 0 fully saturated rings. The highest BCUT2D eigenvalue weighted by Crippen LogP contribution is 2.35. The van der Waals surface area contributed by atoms with E-state index in [-0.39, 0.29) is 17.1 Å². The van der Waals surface area contributed by atoms with E-state index in [1.165, 1.54) is 12.1 Å². The average molecular weight is 400 g/mol. The number of amides is 1. The number of Topliss-reactive ketones (excluding diaryl/α,β-unsaturated/α-hetero) is 1. The van der Waals surface area contributed by atoms with Crippen LogP contribution in [0.4, 0.5) is 42.5 Å². The number of hydrogen-bond acceptors (Lipinski definition) is 5. The Morgan fingerprint density at radius 2 is 1.81 bits per heavy atom. The second-order valence-electron chi connectivity index (χ2n) is 6.08. The molecule has 0 saturated carbocycles. The van der Waals surface area contributed by atoms with Gasteiger partial charge in [-0.3, -0.25) is 10.1 Å². The summed E-state index contributed by atoms with van der Waals surface area (Å²) in [5.74, 6) is -2.14. The van der Waals surface area contributed by atoms with Gasteiger partial charge in [0, 0.05) is 5.69 Å². The van der Waals surface area contributed by atoms with Crippen LogP contribution in [0.25, 0.3) is 0 Å². The van der Waals surface area contributed by atoms with Crippen molar-refractivity contribution in [3.05, 3.63) is 18.2 Å². The van der Waals surface area contributed by atoms with Crippen molar-refractivity contribution in [3.63, 3.8) is 0 Å². The molecule has 27 heavy (non-hydrogen) atoms. The van der Waals surface area contributed by atoms with Gasteiger partial charge in [-0.1, -0.05) is 0 Å². The van der Waals surface area contributed by atoms with Crippen LogP contribution in [0.2, 0.25) is 0 Å². The van der Waals surface area contributed by atoms with Crippen molar-refractivity contribution in [2.45, 2.75) is 37.9 Å². The van der Waals surface area contributed by atoms with Gasteiger partial charge in [0.1, 0.15) is 5.75 Å². The quantitative estimate of drug-likeness (QED) is 0.754. The summed E-state index contributed by atoms with van der Waals surface area (Å²) in [4.78, 5) is 22.8. The number of halogens is 6. The zero-order valence-corrected chi connectivity index (χ0v) is 13.9. The topological polar surface area (TPSA) is 76.7 Å². The third-order valence-electron chi connectivity index (χ3n) is 3.58.